The fourth-order valence-electron chi connectivity index (χ4n) is 4.02. The maximum atomic E-state index is 2.63. The SMILES string of the molecule is C1CCCC(C2CCCCCC2)CC1.Pc1ccccc1. The second kappa shape index (κ2) is 10.4. The average Bonchev–Trinajstić information content (AvgIpc) is 2.93. The van der Waals surface area contributed by atoms with Crippen LogP contribution < -0.4 is 5.30 Å². The van der Waals surface area contributed by atoms with Crippen LogP contribution in [-0.4, -0.2) is 0 Å². The highest BCUT2D eigenvalue weighted by Gasteiger charge is 2.23. The van der Waals surface area contributed by atoms with E-state index in [1.807, 2.05) is 30.3 Å². The zero-order chi connectivity index (χ0) is 14.8. The van der Waals surface area contributed by atoms with Crippen molar-refractivity contribution in [2.24, 2.45) is 11.8 Å². The summed E-state index contributed by atoms with van der Waals surface area (Å²) in [6.07, 6.45) is 18.4. The molecule has 118 valence electrons. The summed E-state index contributed by atoms with van der Waals surface area (Å²) in [5.74, 6) is 2.24. The molecule has 0 aliphatic heterocycles. The van der Waals surface area contributed by atoms with E-state index in [1.165, 1.54) is 56.7 Å². The second-order valence-electron chi connectivity index (χ2n) is 6.91. The molecule has 21 heavy (non-hydrogen) atoms. The first kappa shape index (κ1) is 17.0. The lowest BCUT2D eigenvalue weighted by atomic mass is 9.81. The lowest BCUT2D eigenvalue weighted by Crippen LogP contribution is -2.13. The molecular weight excluding hydrogens is 271 g/mol. The van der Waals surface area contributed by atoms with E-state index in [2.05, 4.69) is 9.24 Å². The number of benzene rings is 1. The Bertz CT molecular complexity index is 325. The standard InChI is InChI=1S/C14H26.C6H7P/c1-2-6-10-13(9-5-1)14-11-7-3-4-8-12-14;7-6-4-2-1-3-5-6/h13-14H,1-12H2;1-5H,7H2. The van der Waals surface area contributed by atoms with Crippen LogP contribution >= 0.6 is 9.24 Å². The Labute approximate surface area is 134 Å². The van der Waals surface area contributed by atoms with Crippen LogP contribution in [0.1, 0.15) is 77.0 Å². The van der Waals surface area contributed by atoms with Crippen molar-refractivity contribution in [1.82, 2.24) is 0 Å². The minimum atomic E-state index is 1.12. The molecule has 1 atom stereocenters. The van der Waals surface area contributed by atoms with Crippen LogP contribution in [0.2, 0.25) is 0 Å². The van der Waals surface area contributed by atoms with Crippen LogP contribution in [0.3, 0.4) is 0 Å². The fourth-order valence-corrected chi connectivity index (χ4v) is 4.24. The molecule has 2 fully saturated rings. The van der Waals surface area contributed by atoms with Crippen molar-refractivity contribution in [1.29, 1.82) is 0 Å². The van der Waals surface area contributed by atoms with Gasteiger partial charge in [0, 0.05) is 0 Å². The van der Waals surface area contributed by atoms with E-state index in [4.69, 9.17) is 0 Å². The molecule has 0 amide bonds. The predicted molar refractivity (Wildman–Crippen MR) is 98.2 cm³/mol. The summed E-state index contributed by atoms with van der Waals surface area (Å²) in [6.45, 7) is 0. The van der Waals surface area contributed by atoms with E-state index in [-0.39, 0.29) is 0 Å². The first-order chi connectivity index (χ1) is 10.4. The Morgan fingerprint density at radius 3 is 1.24 bits per heavy atom. The summed E-state index contributed by atoms with van der Waals surface area (Å²) in [6, 6.07) is 10.1. The minimum absolute atomic E-state index is 1.12. The summed E-state index contributed by atoms with van der Waals surface area (Å²) in [5.41, 5.74) is 0. The normalized spacial score (nSPS) is 21.8. The van der Waals surface area contributed by atoms with Gasteiger partial charge in [0.1, 0.15) is 0 Å². The highest BCUT2D eigenvalue weighted by Crippen LogP contribution is 2.36. The van der Waals surface area contributed by atoms with Crippen molar-refractivity contribution < 1.29 is 0 Å². The van der Waals surface area contributed by atoms with E-state index < -0.39 is 0 Å². The first-order valence-corrected chi connectivity index (χ1v) is 9.74. The van der Waals surface area contributed by atoms with E-state index >= 15 is 0 Å². The quantitative estimate of drug-likeness (QED) is 0.433. The van der Waals surface area contributed by atoms with Crippen LogP contribution in [0, 0.1) is 11.8 Å². The zero-order valence-corrected chi connectivity index (χ0v) is 14.8. The highest BCUT2D eigenvalue weighted by molar-refractivity contribution is 7.27. The Morgan fingerprint density at radius 1 is 0.571 bits per heavy atom. The molecule has 0 spiro atoms. The van der Waals surface area contributed by atoms with Gasteiger partial charge >= 0.3 is 0 Å². The first-order valence-electron chi connectivity index (χ1n) is 9.17. The van der Waals surface area contributed by atoms with Gasteiger partial charge < -0.3 is 0 Å². The van der Waals surface area contributed by atoms with Gasteiger partial charge in [-0.3, -0.25) is 0 Å². The lowest BCUT2D eigenvalue weighted by molar-refractivity contribution is 0.269. The van der Waals surface area contributed by atoms with Crippen LogP contribution in [0.25, 0.3) is 0 Å². The topological polar surface area (TPSA) is 0 Å². The summed E-state index contributed by atoms with van der Waals surface area (Å²) in [5, 5.41) is 1.24. The minimum Gasteiger partial charge on any atom is -0.106 e. The van der Waals surface area contributed by atoms with Gasteiger partial charge in [0.15, 0.2) is 0 Å². The second-order valence-corrected chi connectivity index (χ2v) is 7.58. The van der Waals surface area contributed by atoms with Gasteiger partial charge in [-0.1, -0.05) is 107 Å². The lowest BCUT2D eigenvalue weighted by Gasteiger charge is -2.24. The zero-order valence-electron chi connectivity index (χ0n) is 13.6. The Hall–Kier alpha value is -0.350. The molecule has 1 aromatic rings. The van der Waals surface area contributed by atoms with Crippen molar-refractivity contribution in [3.8, 4) is 0 Å². The van der Waals surface area contributed by atoms with Crippen LogP contribution in [0.15, 0.2) is 30.3 Å². The highest BCUT2D eigenvalue weighted by atomic mass is 31.0. The largest absolute Gasteiger partial charge is 0.106 e. The van der Waals surface area contributed by atoms with Gasteiger partial charge in [-0.15, -0.1) is 9.24 Å². The van der Waals surface area contributed by atoms with Gasteiger partial charge in [0.25, 0.3) is 0 Å². The third-order valence-electron chi connectivity index (χ3n) is 5.27. The van der Waals surface area contributed by atoms with Crippen molar-refractivity contribution in [2.75, 3.05) is 0 Å². The van der Waals surface area contributed by atoms with Gasteiger partial charge in [-0.2, -0.15) is 0 Å². The van der Waals surface area contributed by atoms with E-state index in [9.17, 15) is 0 Å². The molecule has 2 aliphatic rings. The van der Waals surface area contributed by atoms with E-state index in [0.29, 0.717) is 0 Å². The molecule has 0 N–H and O–H groups in total. The number of hydrogen-bond donors (Lipinski definition) is 0. The van der Waals surface area contributed by atoms with E-state index in [0.717, 1.165) is 11.8 Å². The average molecular weight is 304 g/mol. The van der Waals surface area contributed by atoms with Gasteiger partial charge in [-0.25, -0.2) is 0 Å². The third-order valence-corrected chi connectivity index (χ3v) is 5.65. The molecule has 1 unspecified atom stereocenters. The summed E-state index contributed by atoms with van der Waals surface area (Å²) in [4.78, 5) is 0. The molecular formula is C20H33P. The molecule has 2 saturated carbocycles. The van der Waals surface area contributed by atoms with Crippen LogP contribution in [0.4, 0.5) is 0 Å². The monoisotopic (exact) mass is 304 g/mol. The fraction of sp³-hybridized carbons (Fsp3) is 0.700. The molecule has 1 aromatic carbocycles. The Balaban J connectivity index is 0.000000194. The molecule has 0 heterocycles. The van der Waals surface area contributed by atoms with E-state index in [1.54, 1.807) is 25.7 Å². The number of hydrogen-bond acceptors (Lipinski definition) is 0. The molecule has 0 saturated heterocycles. The molecule has 3 rings (SSSR count). The molecule has 1 heteroatoms. The molecule has 0 radical (unpaired) electrons. The summed E-state index contributed by atoms with van der Waals surface area (Å²) in [7, 11) is 2.63. The smallest absolute Gasteiger partial charge is 0.0303 e. The van der Waals surface area contributed by atoms with Gasteiger partial charge in [0.05, 0.1) is 0 Å². The molecule has 0 bridgehead atoms. The predicted octanol–water partition coefficient (Wildman–Crippen LogP) is 6.11. The third kappa shape index (κ3) is 6.96. The maximum Gasteiger partial charge on any atom is -0.0303 e. The Kier molecular flexibility index (Phi) is 8.42. The van der Waals surface area contributed by atoms with Crippen molar-refractivity contribution in [3.63, 3.8) is 0 Å². The summed E-state index contributed by atoms with van der Waals surface area (Å²) >= 11 is 0. The van der Waals surface area contributed by atoms with Crippen molar-refractivity contribution in [2.45, 2.75) is 77.0 Å². The number of rotatable bonds is 1. The van der Waals surface area contributed by atoms with Gasteiger partial charge in [-0.05, 0) is 17.1 Å². The van der Waals surface area contributed by atoms with Gasteiger partial charge in [0.2, 0.25) is 0 Å². The van der Waals surface area contributed by atoms with Crippen LogP contribution in [0.5, 0.6) is 0 Å². The van der Waals surface area contributed by atoms with Crippen LogP contribution in [-0.2, 0) is 0 Å². The maximum absolute atomic E-state index is 2.63. The Morgan fingerprint density at radius 2 is 0.952 bits per heavy atom. The van der Waals surface area contributed by atoms with Crippen molar-refractivity contribution in [3.05, 3.63) is 30.3 Å². The molecule has 2 aliphatic carbocycles. The molecule has 0 nitrogen and oxygen atoms in total. The summed E-state index contributed by atoms with van der Waals surface area (Å²) < 4.78 is 0. The molecule has 0 aromatic heterocycles. The van der Waals surface area contributed by atoms with Crippen molar-refractivity contribution >= 4 is 14.5 Å².